The van der Waals surface area contributed by atoms with Crippen LogP contribution in [0.3, 0.4) is 0 Å². The van der Waals surface area contributed by atoms with Crippen LogP contribution in [-0.2, 0) is 20.9 Å². The van der Waals surface area contributed by atoms with Crippen LogP contribution in [-0.4, -0.2) is 99.6 Å². The molecule has 41 heavy (non-hydrogen) atoms. The Morgan fingerprint density at radius 1 is 1.12 bits per heavy atom. The molecule has 2 saturated heterocycles. The molecule has 3 amide bonds. The Hall–Kier alpha value is -1.91. The summed E-state index contributed by atoms with van der Waals surface area (Å²) in [6.45, 7) is 8.09. The number of hydrogen-bond donors (Lipinski definition) is 1. The highest BCUT2D eigenvalue weighted by molar-refractivity contribution is 7.99. The van der Waals surface area contributed by atoms with E-state index in [4.69, 9.17) is 4.74 Å². The van der Waals surface area contributed by atoms with Gasteiger partial charge in [0.25, 0.3) is 0 Å². The van der Waals surface area contributed by atoms with Crippen molar-refractivity contribution >= 4 is 41.4 Å². The predicted molar refractivity (Wildman–Crippen MR) is 168 cm³/mol. The molecule has 1 unspecified atom stereocenters. The lowest BCUT2D eigenvalue weighted by Crippen LogP contribution is -2.56. The van der Waals surface area contributed by atoms with Gasteiger partial charge in [-0.1, -0.05) is 49.6 Å². The molecule has 1 aromatic carbocycles. The second kappa shape index (κ2) is 15.0. The fraction of sp³-hybridized carbons (Fsp3) is 0.710. The van der Waals surface area contributed by atoms with Crippen molar-refractivity contribution in [1.82, 2.24) is 20.0 Å². The van der Waals surface area contributed by atoms with Crippen LogP contribution in [0.5, 0.6) is 0 Å². The standard InChI is InChI=1S/C31H48N4O4S2/c1-31(2,3)39-30(38)35-22-41-21-27(35)28(36)32-26(20-40-19-24-13-9-6-10-14-24)29(37)33(4)25-15-16-34(18-25)17-23-11-7-5-8-12-23/h5,7-8,11-12,24-27H,6,9-10,13-22H2,1-4H3,(H,32,36)/t25?,26-,27-/m0/s1. The number of benzene rings is 1. The van der Waals surface area contributed by atoms with Gasteiger partial charge in [-0.2, -0.15) is 11.8 Å². The minimum atomic E-state index is -0.647. The molecular formula is C31H48N4O4S2. The maximum absolute atomic E-state index is 13.9. The van der Waals surface area contributed by atoms with Gasteiger partial charge in [-0.05, 0) is 57.3 Å². The van der Waals surface area contributed by atoms with Crippen LogP contribution in [0, 0.1) is 5.92 Å². The van der Waals surface area contributed by atoms with Crippen molar-refractivity contribution < 1.29 is 19.1 Å². The molecule has 0 spiro atoms. The maximum atomic E-state index is 13.9. The molecule has 1 aromatic rings. The quantitative estimate of drug-likeness (QED) is 0.410. The number of likely N-dealkylation sites (N-methyl/N-ethyl adjacent to an activating group) is 1. The molecule has 228 valence electrons. The van der Waals surface area contributed by atoms with Gasteiger partial charge >= 0.3 is 6.09 Å². The molecule has 0 bridgehead atoms. The number of amides is 3. The fourth-order valence-corrected chi connectivity index (χ4v) is 8.26. The number of carbonyl (C=O) groups is 3. The Kier molecular flexibility index (Phi) is 11.7. The van der Waals surface area contributed by atoms with Gasteiger partial charge in [-0.25, -0.2) is 4.79 Å². The third kappa shape index (κ3) is 9.55. The third-order valence-electron chi connectivity index (χ3n) is 8.18. The van der Waals surface area contributed by atoms with E-state index in [2.05, 4.69) is 34.5 Å². The summed E-state index contributed by atoms with van der Waals surface area (Å²) in [5.74, 6) is 2.82. The summed E-state index contributed by atoms with van der Waals surface area (Å²) in [4.78, 5) is 46.0. The molecule has 2 heterocycles. The molecule has 0 aromatic heterocycles. The summed E-state index contributed by atoms with van der Waals surface area (Å²) in [6.07, 6.45) is 6.82. The first-order valence-corrected chi connectivity index (χ1v) is 17.4. The third-order valence-corrected chi connectivity index (χ3v) is 10.5. The van der Waals surface area contributed by atoms with Crippen LogP contribution < -0.4 is 5.32 Å². The Labute approximate surface area is 254 Å². The van der Waals surface area contributed by atoms with E-state index in [9.17, 15) is 14.4 Å². The number of rotatable bonds is 10. The van der Waals surface area contributed by atoms with Crippen LogP contribution >= 0.6 is 23.5 Å². The number of nitrogens with zero attached hydrogens (tertiary/aromatic N) is 3. The highest BCUT2D eigenvalue weighted by Gasteiger charge is 2.39. The highest BCUT2D eigenvalue weighted by Crippen LogP contribution is 2.28. The van der Waals surface area contributed by atoms with E-state index < -0.39 is 23.8 Å². The van der Waals surface area contributed by atoms with Crippen LogP contribution in [0.4, 0.5) is 4.79 Å². The lowest BCUT2D eigenvalue weighted by atomic mass is 9.91. The molecule has 0 radical (unpaired) electrons. The van der Waals surface area contributed by atoms with Gasteiger partial charge in [-0.3, -0.25) is 19.4 Å². The molecule has 1 aliphatic carbocycles. The van der Waals surface area contributed by atoms with Crippen molar-refractivity contribution in [2.24, 2.45) is 5.92 Å². The number of carbonyl (C=O) groups excluding carboxylic acids is 3. The first-order chi connectivity index (χ1) is 19.6. The minimum absolute atomic E-state index is 0.0458. The normalized spacial score (nSPS) is 22.9. The van der Waals surface area contributed by atoms with Gasteiger partial charge in [0.05, 0.1) is 5.88 Å². The Balaban J connectivity index is 1.38. The van der Waals surface area contributed by atoms with Gasteiger partial charge in [0.1, 0.15) is 17.7 Å². The van der Waals surface area contributed by atoms with E-state index >= 15 is 0 Å². The molecule has 3 fully saturated rings. The zero-order valence-electron chi connectivity index (χ0n) is 25.2. The molecule has 3 atom stereocenters. The van der Waals surface area contributed by atoms with Crippen molar-refractivity contribution in [3.63, 3.8) is 0 Å². The second-order valence-corrected chi connectivity index (χ2v) is 14.8. The molecule has 8 nitrogen and oxygen atoms in total. The number of likely N-dealkylation sites (tertiary alicyclic amines) is 1. The van der Waals surface area contributed by atoms with Crippen molar-refractivity contribution in [2.45, 2.75) is 89.6 Å². The Morgan fingerprint density at radius 2 is 1.85 bits per heavy atom. The first-order valence-electron chi connectivity index (χ1n) is 15.1. The van der Waals surface area contributed by atoms with E-state index in [0.717, 1.165) is 31.8 Å². The Bertz CT molecular complexity index is 1020. The summed E-state index contributed by atoms with van der Waals surface area (Å²) in [5.41, 5.74) is 0.633. The summed E-state index contributed by atoms with van der Waals surface area (Å²) in [5, 5.41) is 3.07. The molecule has 1 saturated carbocycles. The van der Waals surface area contributed by atoms with Crippen LogP contribution in [0.1, 0.15) is 64.9 Å². The largest absolute Gasteiger partial charge is 0.444 e. The first kappa shape index (κ1) is 32.0. The van der Waals surface area contributed by atoms with E-state index in [1.165, 1.54) is 54.3 Å². The van der Waals surface area contributed by atoms with Gasteiger partial charge in [0.15, 0.2) is 0 Å². The average Bonchev–Trinajstić information content (AvgIpc) is 3.62. The van der Waals surface area contributed by atoms with E-state index in [0.29, 0.717) is 23.3 Å². The SMILES string of the molecule is CN(C(=O)[C@H](CSCC1CCCCC1)NC(=O)[C@@H]1CSCN1C(=O)OC(C)(C)C)C1CCN(Cc2ccccc2)C1. The van der Waals surface area contributed by atoms with Crippen LogP contribution in [0.25, 0.3) is 0 Å². The predicted octanol–water partition coefficient (Wildman–Crippen LogP) is 4.83. The molecule has 4 rings (SSSR count). The van der Waals surface area contributed by atoms with Crippen molar-refractivity contribution in [1.29, 1.82) is 0 Å². The molecule has 2 aliphatic heterocycles. The lowest BCUT2D eigenvalue weighted by Gasteiger charge is -2.31. The van der Waals surface area contributed by atoms with Gasteiger partial charge < -0.3 is 15.0 Å². The lowest BCUT2D eigenvalue weighted by molar-refractivity contribution is -0.137. The summed E-state index contributed by atoms with van der Waals surface area (Å²) in [6, 6.07) is 9.25. The topological polar surface area (TPSA) is 82.2 Å². The van der Waals surface area contributed by atoms with E-state index in [1.807, 2.05) is 38.8 Å². The fourth-order valence-electron chi connectivity index (χ4n) is 5.85. The van der Waals surface area contributed by atoms with Crippen molar-refractivity contribution in [3.8, 4) is 0 Å². The van der Waals surface area contributed by atoms with Gasteiger partial charge in [0, 0.05) is 44.2 Å². The minimum Gasteiger partial charge on any atom is -0.444 e. The average molecular weight is 605 g/mol. The molecule has 10 heteroatoms. The molecule has 1 N–H and O–H groups in total. The monoisotopic (exact) mass is 604 g/mol. The van der Waals surface area contributed by atoms with Crippen molar-refractivity contribution in [3.05, 3.63) is 35.9 Å². The smallest absolute Gasteiger partial charge is 0.411 e. The van der Waals surface area contributed by atoms with E-state index in [-0.39, 0.29) is 17.9 Å². The Morgan fingerprint density at radius 3 is 2.56 bits per heavy atom. The van der Waals surface area contributed by atoms with E-state index in [1.54, 1.807) is 11.8 Å². The number of ether oxygens (including phenoxy) is 1. The van der Waals surface area contributed by atoms with Crippen LogP contribution in [0.2, 0.25) is 0 Å². The molecule has 3 aliphatic rings. The van der Waals surface area contributed by atoms with Gasteiger partial charge in [0.2, 0.25) is 11.8 Å². The summed E-state index contributed by atoms with van der Waals surface area (Å²) in [7, 11) is 1.88. The summed E-state index contributed by atoms with van der Waals surface area (Å²) >= 11 is 3.31. The number of thioether (sulfide) groups is 2. The van der Waals surface area contributed by atoms with Gasteiger partial charge in [-0.15, -0.1) is 11.8 Å². The number of hydrogen-bond acceptors (Lipinski definition) is 7. The zero-order valence-corrected chi connectivity index (χ0v) is 26.8. The summed E-state index contributed by atoms with van der Waals surface area (Å²) < 4.78 is 5.55. The zero-order chi connectivity index (χ0) is 29.4. The second-order valence-electron chi connectivity index (χ2n) is 12.7. The van der Waals surface area contributed by atoms with Crippen molar-refractivity contribution in [2.75, 3.05) is 43.3 Å². The molecular weight excluding hydrogens is 556 g/mol. The highest BCUT2D eigenvalue weighted by atomic mass is 32.2. The number of nitrogens with one attached hydrogen (secondary N) is 1. The van der Waals surface area contributed by atoms with Crippen LogP contribution in [0.15, 0.2) is 30.3 Å². The maximum Gasteiger partial charge on any atom is 0.411 e.